The highest BCUT2D eigenvalue weighted by Crippen LogP contribution is 2.65. The van der Waals surface area contributed by atoms with Crippen molar-refractivity contribution in [3.05, 3.63) is 35.4 Å². The van der Waals surface area contributed by atoms with Crippen molar-refractivity contribution in [2.75, 3.05) is 7.11 Å². The summed E-state index contributed by atoms with van der Waals surface area (Å²) in [5.74, 6) is 1.99. The minimum atomic E-state index is -0.546. The Balaban J connectivity index is 1.84. The third kappa shape index (κ3) is 1.17. The lowest BCUT2D eigenvalue weighted by molar-refractivity contribution is -0.0152. The molecule has 4 nitrogen and oxygen atoms in total. The monoisotopic (exact) mass is 285 g/mol. The molecule has 0 saturated carbocycles. The lowest BCUT2D eigenvalue weighted by atomic mass is 9.60. The van der Waals surface area contributed by atoms with Gasteiger partial charge in [-0.25, -0.2) is 0 Å². The first-order chi connectivity index (χ1) is 10.2. The molecule has 5 rings (SSSR count). The van der Waals surface area contributed by atoms with Gasteiger partial charge in [0.2, 0.25) is 0 Å². The maximum atomic E-state index is 10.5. The minimum Gasteiger partial charge on any atom is -0.493 e. The summed E-state index contributed by atoms with van der Waals surface area (Å²) in [5, 5.41) is 14.2. The highest BCUT2D eigenvalue weighted by molar-refractivity contribution is 5.64. The number of piperidine rings is 1. The molecule has 2 bridgehead atoms. The van der Waals surface area contributed by atoms with E-state index in [4.69, 9.17) is 9.47 Å². The fourth-order valence-corrected chi connectivity index (χ4v) is 5.22. The molecule has 1 aromatic rings. The Kier molecular flexibility index (Phi) is 2.08. The van der Waals surface area contributed by atoms with Crippen LogP contribution >= 0.6 is 0 Å². The number of benzene rings is 1. The Bertz CT molecular complexity index is 670. The van der Waals surface area contributed by atoms with E-state index in [1.807, 2.05) is 12.1 Å². The van der Waals surface area contributed by atoms with Crippen LogP contribution in [0.25, 0.3) is 0 Å². The predicted molar refractivity (Wildman–Crippen MR) is 77.7 cm³/mol. The van der Waals surface area contributed by atoms with E-state index in [1.165, 1.54) is 11.1 Å². The molecule has 1 aromatic carbocycles. The summed E-state index contributed by atoms with van der Waals surface area (Å²) in [5.41, 5.74) is 2.51. The van der Waals surface area contributed by atoms with E-state index in [0.717, 1.165) is 17.9 Å². The van der Waals surface area contributed by atoms with Crippen molar-refractivity contribution in [1.29, 1.82) is 0 Å². The van der Waals surface area contributed by atoms with Crippen LogP contribution in [-0.2, 0) is 5.41 Å². The summed E-state index contributed by atoms with van der Waals surface area (Å²) in [4.78, 5) is 0. The molecule has 4 heteroatoms. The topological polar surface area (TPSA) is 50.7 Å². The number of hydrogen-bond acceptors (Lipinski definition) is 4. The zero-order chi connectivity index (χ0) is 14.4. The van der Waals surface area contributed by atoms with Crippen molar-refractivity contribution < 1.29 is 14.6 Å². The summed E-state index contributed by atoms with van der Waals surface area (Å²) in [7, 11) is 1.68. The zero-order valence-electron chi connectivity index (χ0n) is 12.2. The summed E-state index contributed by atoms with van der Waals surface area (Å²) < 4.78 is 11.7. The van der Waals surface area contributed by atoms with Crippen molar-refractivity contribution in [2.24, 2.45) is 5.92 Å². The summed E-state index contributed by atoms with van der Waals surface area (Å²) in [6.45, 7) is 2.23. The standard InChI is InChI=1S/C17H19NO3/c1-8-10-4-5-12(19)16-17(10)7-11(18-8)9-3-6-13(20-2)15(21-16)14(9)17/h3-6,8,10-12,16,18-19H,7H2,1-2H3. The van der Waals surface area contributed by atoms with Crippen LogP contribution in [0.4, 0.5) is 0 Å². The second-order valence-corrected chi connectivity index (χ2v) is 6.75. The maximum Gasteiger partial charge on any atom is 0.166 e. The number of nitrogens with one attached hydrogen (secondary N) is 1. The van der Waals surface area contributed by atoms with E-state index in [-0.39, 0.29) is 11.5 Å². The average molecular weight is 285 g/mol. The number of aliphatic hydroxyl groups excluding tert-OH is 1. The molecule has 0 aromatic heterocycles. The number of methoxy groups -OCH3 is 1. The highest BCUT2D eigenvalue weighted by atomic mass is 16.5. The summed E-state index contributed by atoms with van der Waals surface area (Å²) in [6, 6.07) is 4.89. The van der Waals surface area contributed by atoms with E-state index in [2.05, 4.69) is 24.4 Å². The molecule has 2 heterocycles. The summed E-state index contributed by atoms with van der Waals surface area (Å²) >= 11 is 0. The van der Waals surface area contributed by atoms with Crippen LogP contribution in [0.5, 0.6) is 11.5 Å². The van der Waals surface area contributed by atoms with E-state index in [1.54, 1.807) is 7.11 Å². The largest absolute Gasteiger partial charge is 0.493 e. The Morgan fingerprint density at radius 1 is 1.38 bits per heavy atom. The first kappa shape index (κ1) is 12.1. The van der Waals surface area contributed by atoms with Gasteiger partial charge in [-0.15, -0.1) is 0 Å². The molecule has 6 unspecified atom stereocenters. The van der Waals surface area contributed by atoms with Crippen LogP contribution in [0, 0.1) is 5.92 Å². The van der Waals surface area contributed by atoms with Crippen LogP contribution in [0.3, 0.4) is 0 Å². The van der Waals surface area contributed by atoms with Crippen molar-refractivity contribution in [2.45, 2.75) is 43.1 Å². The summed E-state index contributed by atoms with van der Waals surface area (Å²) in [6.07, 6.45) is 4.35. The minimum absolute atomic E-state index is 0.0945. The van der Waals surface area contributed by atoms with Crippen LogP contribution in [0.15, 0.2) is 24.3 Å². The van der Waals surface area contributed by atoms with Crippen molar-refractivity contribution >= 4 is 0 Å². The smallest absolute Gasteiger partial charge is 0.166 e. The maximum absolute atomic E-state index is 10.5. The molecule has 1 saturated heterocycles. The van der Waals surface area contributed by atoms with E-state index < -0.39 is 6.10 Å². The van der Waals surface area contributed by atoms with Gasteiger partial charge in [0.05, 0.1) is 7.11 Å². The third-order valence-electron chi connectivity index (χ3n) is 5.93. The molecule has 2 aliphatic heterocycles. The number of rotatable bonds is 1. The van der Waals surface area contributed by atoms with E-state index >= 15 is 0 Å². The van der Waals surface area contributed by atoms with Gasteiger partial charge in [0.15, 0.2) is 11.5 Å². The van der Waals surface area contributed by atoms with Gasteiger partial charge < -0.3 is 19.9 Å². The van der Waals surface area contributed by atoms with Gasteiger partial charge in [0, 0.05) is 29.0 Å². The van der Waals surface area contributed by atoms with Crippen molar-refractivity contribution in [3.8, 4) is 11.5 Å². The van der Waals surface area contributed by atoms with E-state index in [0.29, 0.717) is 18.0 Å². The molecule has 2 aliphatic carbocycles. The van der Waals surface area contributed by atoms with Gasteiger partial charge in [-0.2, -0.15) is 0 Å². The van der Waals surface area contributed by atoms with Crippen molar-refractivity contribution in [1.82, 2.24) is 5.32 Å². The van der Waals surface area contributed by atoms with Gasteiger partial charge in [0.25, 0.3) is 0 Å². The Hall–Kier alpha value is -1.52. The van der Waals surface area contributed by atoms with Gasteiger partial charge in [-0.1, -0.05) is 18.2 Å². The molecule has 0 amide bonds. The Morgan fingerprint density at radius 2 is 2.24 bits per heavy atom. The van der Waals surface area contributed by atoms with Crippen molar-refractivity contribution in [3.63, 3.8) is 0 Å². The predicted octanol–water partition coefficient (Wildman–Crippen LogP) is 1.68. The normalized spacial score (nSPS) is 44.4. The van der Waals surface area contributed by atoms with Crippen LogP contribution in [0.2, 0.25) is 0 Å². The molecule has 110 valence electrons. The second-order valence-electron chi connectivity index (χ2n) is 6.75. The highest BCUT2D eigenvalue weighted by Gasteiger charge is 2.66. The van der Waals surface area contributed by atoms with Crippen LogP contribution in [0.1, 0.15) is 30.5 Å². The number of hydrogen-bond donors (Lipinski definition) is 2. The fourth-order valence-electron chi connectivity index (χ4n) is 5.22. The number of ether oxygens (including phenoxy) is 2. The van der Waals surface area contributed by atoms with Gasteiger partial charge in [0.1, 0.15) is 12.2 Å². The molecule has 0 radical (unpaired) electrons. The average Bonchev–Trinajstić information content (AvgIpc) is 2.94. The number of aliphatic hydroxyl groups is 1. The molecular formula is C17H19NO3. The first-order valence-electron chi connectivity index (χ1n) is 7.67. The van der Waals surface area contributed by atoms with Gasteiger partial charge >= 0.3 is 0 Å². The van der Waals surface area contributed by atoms with Gasteiger partial charge in [-0.05, 0) is 25.0 Å². The lowest BCUT2D eigenvalue weighted by Gasteiger charge is -2.48. The Labute approximate surface area is 123 Å². The lowest BCUT2D eigenvalue weighted by Crippen LogP contribution is -2.59. The van der Waals surface area contributed by atoms with Crippen LogP contribution in [-0.4, -0.2) is 30.5 Å². The SMILES string of the molecule is COc1ccc2c3c1OC1C(O)C=CC4C(C)NC2CC341. The Morgan fingerprint density at radius 3 is 3.05 bits per heavy atom. The third-order valence-corrected chi connectivity index (χ3v) is 5.93. The van der Waals surface area contributed by atoms with Crippen LogP contribution < -0.4 is 14.8 Å². The fraction of sp³-hybridized carbons (Fsp3) is 0.529. The number of fused-ring (bicyclic) bond motifs is 2. The molecule has 2 N–H and O–H groups in total. The van der Waals surface area contributed by atoms with E-state index in [9.17, 15) is 5.11 Å². The zero-order valence-corrected chi connectivity index (χ0v) is 12.2. The van der Waals surface area contributed by atoms with Gasteiger partial charge in [-0.3, -0.25) is 0 Å². The quantitative estimate of drug-likeness (QED) is 0.771. The molecule has 1 fully saturated rings. The molecule has 6 atom stereocenters. The molecule has 21 heavy (non-hydrogen) atoms. The second kappa shape index (κ2) is 3.62. The first-order valence-corrected chi connectivity index (χ1v) is 7.67. The molecule has 1 spiro atoms. The molecule has 4 aliphatic rings. The molecular weight excluding hydrogens is 266 g/mol.